The van der Waals surface area contributed by atoms with E-state index in [1.807, 2.05) is 13.8 Å². The largest absolute Gasteiger partial charge is 0.481 e. The van der Waals surface area contributed by atoms with Gasteiger partial charge in [0.2, 0.25) is 23.6 Å². The molecular formula is C22H39N5O8. The number of carboxylic acids is 2. The van der Waals surface area contributed by atoms with Crippen molar-refractivity contribution in [1.82, 2.24) is 16.0 Å². The Labute approximate surface area is 204 Å². The highest BCUT2D eigenvalue weighted by atomic mass is 16.4. The predicted octanol–water partition coefficient (Wildman–Crippen LogP) is -0.925. The zero-order chi connectivity index (χ0) is 27.3. The van der Waals surface area contributed by atoms with Crippen molar-refractivity contribution in [2.45, 2.75) is 90.4 Å². The zero-order valence-corrected chi connectivity index (χ0v) is 20.7. The van der Waals surface area contributed by atoms with E-state index in [1.54, 1.807) is 13.8 Å². The summed E-state index contributed by atoms with van der Waals surface area (Å²) >= 11 is 0. The number of aliphatic carboxylic acids is 2. The molecule has 0 aromatic heterocycles. The fraction of sp³-hybridized carbons (Fsp3) is 0.727. The summed E-state index contributed by atoms with van der Waals surface area (Å²) in [7, 11) is 0. The minimum Gasteiger partial charge on any atom is -0.481 e. The molecule has 35 heavy (non-hydrogen) atoms. The SMILES string of the molecule is CCC(C)C(NC(=O)C(CC(C)C)NC(=O)C(CCC(N)=O)NC(=O)C(N)CCC(=O)O)C(=O)O. The molecule has 9 N–H and O–H groups in total. The lowest BCUT2D eigenvalue weighted by atomic mass is 9.97. The highest BCUT2D eigenvalue weighted by molar-refractivity contribution is 5.94. The number of hydrogen-bond donors (Lipinski definition) is 7. The summed E-state index contributed by atoms with van der Waals surface area (Å²) in [5.41, 5.74) is 10.9. The quantitative estimate of drug-likeness (QED) is 0.130. The molecule has 0 heterocycles. The van der Waals surface area contributed by atoms with Crippen molar-refractivity contribution in [3.63, 3.8) is 0 Å². The first-order valence-electron chi connectivity index (χ1n) is 11.6. The third-order valence-corrected chi connectivity index (χ3v) is 5.44. The van der Waals surface area contributed by atoms with E-state index >= 15 is 0 Å². The summed E-state index contributed by atoms with van der Waals surface area (Å²) in [6, 6.07) is -4.76. The maximum Gasteiger partial charge on any atom is 0.326 e. The zero-order valence-electron chi connectivity index (χ0n) is 20.7. The van der Waals surface area contributed by atoms with Gasteiger partial charge in [0.1, 0.15) is 18.1 Å². The van der Waals surface area contributed by atoms with Crippen LogP contribution < -0.4 is 27.4 Å². The van der Waals surface area contributed by atoms with Gasteiger partial charge < -0.3 is 37.6 Å². The van der Waals surface area contributed by atoms with Crippen LogP contribution in [-0.4, -0.2) is 69.9 Å². The van der Waals surface area contributed by atoms with Crippen LogP contribution in [-0.2, 0) is 28.8 Å². The molecular weight excluding hydrogens is 462 g/mol. The summed E-state index contributed by atoms with van der Waals surface area (Å²) in [4.78, 5) is 71.8. The molecule has 13 heteroatoms. The van der Waals surface area contributed by atoms with Crippen LogP contribution in [0.3, 0.4) is 0 Å². The number of hydrogen-bond acceptors (Lipinski definition) is 7. The molecule has 5 atom stereocenters. The number of nitrogens with two attached hydrogens (primary N) is 2. The summed E-state index contributed by atoms with van der Waals surface area (Å²) < 4.78 is 0. The average molecular weight is 502 g/mol. The van der Waals surface area contributed by atoms with Gasteiger partial charge in [-0.1, -0.05) is 34.1 Å². The first-order valence-corrected chi connectivity index (χ1v) is 11.6. The third-order valence-electron chi connectivity index (χ3n) is 5.44. The van der Waals surface area contributed by atoms with Crippen LogP contribution in [0.15, 0.2) is 0 Å². The number of rotatable bonds is 17. The Morgan fingerprint density at radius 3 is 1.80 bits per heavy atom. The van der Waals surface area contributed by atoms with Gasteiger partial charge in [-0.15, -0.1) is 0 Å². The summed E-state index contributed by atoms with van der Waals surface area (Å²) in [5, 5.41) is 25.6. The number of carbonyl (C=O) groups is 6. The Hall–Kier alpha value is -3.22. The number of carbonyl (C=O) groups excluding carboxylic acids is 4. The van der Waals surface area contributed by atoms with Gasteiger partial charge in [-0.05, 0) is 31.1 Å². The van der Waals surface area contributed by atoms with Crippen molar-refractivity contribution in [1.29, 1.82) is 0 Å². The van der Waals surface area contributed by atoms with Crippen molar-refractivity contribution >= 4 is 35.6 Å². The number of primary amides is 1. The van der Waals surface area contributed by atoms with Crippen LogP contribution in [0.4, 0.5) is 0 Å². The minimum absolute atomic E-state index is 0.0546. The predicted molar refractivity (Wildman–Crippen MR) is 126 cm³/mol. The minimum atomic E-state index is -1.28. The molecule has 0 aliphatic rings. The fourth-order valence-corrected chi connectivity index (χ4v) is 3.16. The highest BCUT2D eigenvalue weighted by Gasteiger charge is 2.32. The van der Waals surface area contributed by atoms with Crippen LogP contribution in [0.5, 0.6) is 0 Å². The van der Waals surface area contributed by atoms with Crippen molar-refractivity contribution in [2.24, 2.45) is 23.3 Å². The van der Waals surface area contributed by atoms with E-state index in [0.717, 1.165) is 0 Å². The molecule has 0 spiro atoms. The second-order valence-electron chi connectivity index (χ2n) is 9.01. The van der Waals surface area contributed by atoms with Gasteiger partial charge in [0.25, 0.3) is 0 Å². The Balaban J connectivity index is 5.59. The maximum absolute atomic E-state index is 13.0. The van der Waals surface area contributed by atoms with Gasteiger partial charge in [-0.3, -0.25) is 24.0 Å². The van der Waals surface area contributed by atoms with Crippen molar-refractivity contribution in [3.05, 3.63) is 0 Å². The number of nitrogens with one attached hydrogen (secondary N) is 3. The van der Waals surface area contributed by atoms with Gasteiger partial charge in [0, 0.05) is 12.8 Å². The summed E-state index contributed by atoms with van der Waals surface area (Å²) in [5.74, 6) is -5.77. The lowest BCUT2D eigenvalue weighted by molar-refractivity contribution is -0.144. The number of amides is 4. The fourth-order valence-electron chi connectivity index (χ4n) is 3.16. The van der Waals surface area contributed by atoms with E-state index in [9.17, 15) is 33.9 Å². The van der Waals surface area contributed by atoms with Crippen LogP contribution >= 0.6 is 0 Å². The van der Waals surface area contributed by atoms with E-state index in [0.29, 0.717) is 6.42 Å². The Bertz CT molecular complexity index is 773. The van der Waals surface area contributed by atoms with Gasteiger partial charge in [-0.25, -0.2) is 4.79 Å². The Morgan fingerprint density at radius 1 is 0.800 bits per heavy atom. The molecule has 4 amide bonds. The monoisotopic (exact) mass is 501 g/mol. The lowest BCUT2D eigenvalue weighted by Gasteiger charge is -2.27. The molecule has 0 aliphatic carbocycles. The first kappa shape index (κ1) is 31.8. The van der Waals surface area contributed by atoms with E-state index in [-0.39, 0.29) is 43.9 Å². The topological polar surface area (TPSA) is 231 Å². The van der Waals surface area contributed by atoms with Crippen molar-refractivity contribution in [2.75, 3.05) is 0 Å². The lowest BCUT2D eigenvalue weighted by Crippen LogP contribution is -2.58. The van der Waals surface area contributed by atoms with Gasteiger partial charge in [0.05, 0.1) is 6.04 Å². The van der Waals surface area contributed by atoms with E-state index in [2.05, 4.69) is 16.0 Å². The van der Waals surface area contributed by atoms with E-state index < -0.39 is 59.7 Å². The van der Waals surface area contributed by atoms with Crippen molar-refractivity contribution in [3.8, 4) is 0 Å². The van der Waals surface area contributed by atoms with E-state index in [4.69, 9.17) is 16.6 Å². The molecule has 0 saturated heterocycles. The second kappa shape index (κ2) is 15.6. The van der Waals surface area contributed by atoms with Crippen LogP contribution in [0.1, 0.15) is 66.2 Å². The molecule has 0 saturated carbocycles. The third kappa shape index (κ3) is 12.7. The molecule has 0 fully saturated rings. The Morgan fingerprint density at radius 2 is 1.34 bits per heavy atom. The second-order valence-corrected chi connectivity index (χ2v) is 9.01. The summed E-state index contributed by atoms with van der Waals surface area (Å²) in [6.07, 6.45) is -0.279. The molecule has 0 rings (SSSR count). The maximum atomic E-state index is 13.0. The molecule has 0 radical (unpaired) electrons. The van der Waals surface area contributed by atoms with Crippen LogP contribution in [0.2, 0.25) is 0 Å². The standard InChI is InChI=1S/C22H39N5O8/c1-5-12(4)18(22(34)35)27-21(33)15(10-11(2)3)26-20(32)14(7-8-16(24)28)25-19(31)13(23)6-9-17(29)30/h11-15,18H,5-10,23H2,1-4H3,(H2,24,28)(H,25,31)(H,26,32)(H,27,33)(H,29,30)(H,34,35). The van der Waals surface area contributed by atoms with Crippen LogP contribution in [0.25, 0.3) is 0 Å². The molecule has 13 nitrogen and oxygen atoms in total. The highest BCUT2D eigenvalue weighted by Crippen LogP contribution is 2.11. The van der Waals surface area contributed by atoms with Crippen LogP contribution in [0, 0.1) is 11.8 Å². The van der Waals surface area contributed by atoms with Crippen molar-refractivity contribution < 1.29 is 39.0 Å². The molecule has 200 valence electrons. The Kier molecular flexibility index (Phi) is 14.2. The normalized spacial score (nSPS) is 15.3. The molecule has 0 bridgehead atoms. The average Bonchev–Trinajstić information content (AvgIpc) is 2.76. The van der Waals surface area contributed by atoms with Gasteiger partial charge in [0.15, 0.2) is 0 Å². The molecule has 0 aromatic carbocycles. The number of carboxylic acid groups (broad SMARTS) is 2. The van der Waals surface area contributed by atoms with E-state index in [1.165, 1.54) is 0 Å². The van der Waals surface area contributed by atoms with Gasteiger partial charge in [-0.2, -0.15) is 0 Å². The molecule has 0 aromatic rings. The molecule has 0 aliphatic heterocycles. The molecule has 5 unspecified atom stereocenters. The van der Waals surface area contributed by atoms with Gasteiger partial charge >= 0.3 is 11.9 Å². The first-order chi connectivity index (χ1) is 16.2. The smallest absolute Gasteiger partial charge is 0.326 e. The summed E-state index contributed by atoms with van der Waals surface area (Å²) in [6.45, 7) is 7.08.